The van der Waals surface area contributed by atoms with E-state index in [-0.39, 0.29) is 17.5 Å². The second-order valence-corrected chi connectivity index (χ2v) is 4.06. The quantitative estimate of drug-likeness (QED) is 0.816. The molecule has 17 heavy (non-hydrogen) atoms. The lowest BCUT2D eigenvalue weighted by molar-refractivity contribution is 0.386. The molecule has 90 valence electrons. The van der Waals surface area contributed by atoms with E-state index in [0.29, 0.717) is 0 Å². The van der Waals surface area contributed by atoms with Crippen molar-refractivity contribution in [1.29, 1.82) is 0 Å². The van der Waals surface area contributed by atoms with Crippen LogP contribution in [0.25, 0.3) is 0 Å². The van der Waals surface area contributed by atoms with Crippen molar-refractivity contribution in [3.05, 3.63) is 47.5 Å². The van der Waals surface area contributed by atoms with Crippen molar-refractivity contribution < 1.29 is 9.13 Å². The molecule has 0 aliphatic heterocycles. The first kappa shape index (κ1) is 11.6. The van der Waals surface area contributed by atoms with Crippen LogP contribution in [0.2, 0.25) is 0 Å². The topological polar surface area (TPSA) is 27.1 Å². The summed E-state index contributed by atoms with van der Waals surface area (Å²) in [5, 5.41) is 4.12. The first-order valence-electron chi connectivity index (χ1n) is 5.44. The predicted molar refractivity (Wildman–Crippen MR) is 63.7 cm³/mol. The molecule has 0 bridgehead atoms. The summed E-state index contributed by atoms with van der Waals surface area (Å²) in [6.07, 6.45) is 3.74. The van der Waals surface area contributed by atoms with E-state index in [1.807, 2.05) is 26.2 Å². The smallest absolute Gasteiger partial charge is 0.165 e. The van der Waals surface area contributed by atoms with Gasteiger partial charge in [0.1, 0.15) is 0 Å². The van der Waals surface area contributed by atoms with Gasteiger partial charge in [-0.25, -0.2) is 4.39 Å². The summed E-state index contributed by atoms with van der Waals surface area (Å²) in [5.41, 5.74) is 1.98. The molecule has 1 atom stereocenters. The van der Waals surface area contributed by atoms with E-state index in [0.717, 1.165) is 11.1 Å². The molecular formula is C13H15FN2O. The predicted octanol–water partition coefficient (Wildman–Crippen LogP) is 2.72. The number of hydrogen-bond donors (Lipinski definition) is 0. The Kier molecular flexibility index (Phi) is 3.13. The number of aromatic nitrogens is 2. The highest BCUT2D eigenvalue weighted by Gasteiger charge is 2.12. The zero-order chi connectivity index (χ0) is 12.4. The van der Waals surface area contributed by atoms with Crippen LogP contribution in [-0.2, 0) is 7.05 Å². The third-order valence-corrected chi connectivity index (χ3v) is 2.90. The maximum Gasteiger partial charge on any atom is 0.165 e. The van der Waals surface area contributed by atoms with Gasteiger partial charge in [-0.05, 0) is 23.3 Å². The van der Waals surface area contributed by atoms with E-state index in [9.17, 15) is 4.39 Å². The zero-order valence-corrected chi connectivity index (χ0v) is 10.1. The van der Waals surface area contributed by atoms with Gasteiger partial charge < -0.3 is 4.74 Å². The van der Waals surface area contributed by atoms with Gasteiger partial charge in [-0.2, -0.15) is 5.10 Å². The first-order valence-corrected chi connectivity index (χ1v) is 5.44. The summed E-state index contributed by atoms with van der Waals surface area (Å²) in [5.74, 6) is 0.0528. The maximum atomic E-state index is 13.6. The molecule has 2 rings (SSSR count). The van der Waals surface area contributed by atoms with Crippen LogP contribution in [0, 0.1) is 5.82 Å². The fourth-order valence-corrected chi connectivity index (χ4v) is 1.81. The van der Waals surface area contributed by atoms with Gasteiger partial charge in [0.05, 0.1) is 13.3 Å². The Bertz CT molecular complexity index is 522. The molecular weight excluding hydrogens is 219 g/mol. The average Bonchev–Trinajstić information content (AvgIpc) is 2.75. The molecule has 0 amide bonds. The first-order chi connectivity index (χ1) is 8.11. The molecule has 2 aromatic rings. The summed E-state index contributed by atoms with van der Waals surface area (Å²) < 4.78 is 20.2. The normalized spacial score (nSPS) is 12.5. The lowest BCUT2D eigenvalue weighted by Gasteiger charge is -2.11. The number of nitrogens with zero attached hydrogens (tertiary/aromatic N) is 2. The van der Waals surface area contributed by atoms with Crippen molar-refractivity contribution in [2.75, 3.05) is 7.11 Å². The molecule has 0 saturated carbocycles. The standard InChI is InChI=1S/C13H15FN2O/c1-9(11-7-15-16(2)8-11)10-4-5-13(17-3)12(14)6-10/h4-9H,1-3H3. The molecule has 0 radical (unpaired) electrons. The van der Waals surface area contributed by atoms with E-state index in [1.165, 1.54) is 13.2 Å². The van der Waals surface area contributed by atoms with E-state index in [4.69, 9.17) is 4.74 Å². The van der Waals surface area contributed by atoms with Gasteiger partial charge in [-0.3, -0.25) is 4.68 Å². The highest BCUT2D eigenvalue weighted by molar-refractivity contribution is 5.35. The largest absolute Gasteiger partial charge is 0.494 e. The number of ether oxygens (including phenoxy) is 1. The summed E-state index contributed by atoms with van der Waals surface area (Å²) in [4.78, 5) is 0. The maximum absolute atomic E-state index is 13.6. The zero-order valence-electron chi connectivity index (χ0n) is 10.1. The van der Waals surface area contributed by atoms with Crippen LogP contribution in [0.4, 0.5) is 4.39 Å². The molecule has 0 N–H and O–H groups in total. The van der Waals surface area contributed by atoms with Crippen molar-refractivity contribution in [3.63, 3.8) is 0 Å². The van der Waals surface area contributed by atoms with Gasteiger partial charge in [0, 0.05) is 19.2 Å². The summed E-state index contributed by atoms with van der Waals surface area (Å²) in [6.45, 7) is 2.03. The second-order valence-electron chi connectivity index (χ2n) is 4.06. The van der Waals surface area contributed by atoms with Gasteiger partial charge in [0.2, 0.25) is 0 Å². The SMILES string of the molecule is COc1ccc(C(C)c2cnn(C)c2)cc1F. The molecule has 1 unspecified atom stereocenters. The Morgan fingerprint density at radius 1 is 1.35 bits per heavy atom. The second kappa shape index (κ2) is 4.57. The Balaban J connectivity index is 2.31. The van der Waals surface area contributed by atoms with E-state index >= 15 is 0 Å². The van der Waals surface area contributed by atoms with Crippen molar-refractivity contribution in [3.8, 4) is 5.75 Å². The van der Waals surface area contributed by atoms with Crippen LogP contribution in [0.3, 0.4) is 0 Å². The minimum absolute atomic E-state index is 0.115. The molecule has 0 fully saturated rings. The third kappa shape index (κ3) is 2.30. The molecule has 1 aromatic carbocycles. The van der Waals surface area contributed by atoms with Crippen LogP contribution in [0.1, 0.15) is 24.0 Å². The molecule has 1 heterocycles. The molecule has 0 aliphatic carbocycles. The monoisotopic (exact) mass is 234 g/mol. The van der Waals surface area contributed by atoms with Gasteiger partial charge in [0.25, 0.3) is 0 Å². The van der Waals surface area contributed by atoms with Crippen molar-refractivity contribution in [2.24, 2.45) is 7.05 Å². The van der Waals surface area contributed by atoms with E-state index in [2.05, 4.69) is 5.10 Å². The fourth-order valence-electron chi connectivity index (χ4n) is 1.81. The number of aryl methyl sites for hydroxylation is 1. The highest BCUT2D eigenvalue weighted by atomic mass is 19.1. The average molecular weight is 234 g/mol. The Morgan fingerprint density at radius 3 is 2.65 bits per heavy atom. The highest BCUT2D eigenvalue weighted by Crippen LogP contribution is 2.27. The molecule has 4 heteroatoms. The summed E-state index contributed by atoms with van der Waals surface area (Å²) in [7, 11) is 3.33. The van der Waals surface area contributed by atoms with Crippen molar-refractivity contribution in [1.82, 2.24) is 9.78 Å². The lowest BCUT2D eigenvalue weighted by atomic mass is 9.95. The fraction of sp³-hybridized carbons (Fsp3) is 0.308. The van der Waals surface area contributed by atoms with Gasteiger partial charge in [-0.1, -0.05) is 13.0 Å². The molecule has 0 saturated heterocycles. The van der Waals surface area contributed by atoms with E-state index < -0.39 is 0 Å². The number of methoxy groups -OCH3 is 1. The third-order valence-electron chi connectivity index (χ3n) is 2.90. The van der Waals surface area contributed by atoms with Crippen LogP contribution in [-0.4, -0.2) is 16.9 Å². The van der Waals surface area contributed by atoms with E-state index in [1.54, 1.807) is 16.9 Å². The Morgan fingerprint density at radius 2 is 2.12 bits per heavy atom. The van der Waals surface area contributed by atoms with Crippen LogP contribution >= 0.6 is 0 Å². The van der Waals surface area contributed by atoms with Crippen LogP contribution in [0.15, 0.2) is 30.6 Å². The van der Waals surface area contributed by atoms with Crippen molar-refractivity contribution in [2.45, 2.75) is 12.8 Å². The number of halogens is 1. The molecule has 0 aliphatic rings. The van der Waals surface area contributed by atoms with Gasteiger partial charge >= 0.3 is 0 Å². The van der Waals surface area contributed by atoms with Gasteiger partial charge in [-0.15, -0.1) is 0 Å². The minimum Gasteiger partial charge on any atom is -0.494 e. The van der Waals surface area contributed by atoms with Crippen LogP contribution < -0.4 is 4.74 Å². The van der Waals surface area contributed by atoms with Gasteiger partial charge in [0.15, 0.2) is 11.6 Å². The minimum atomic E-state index is -0.333. The Labute approximate surface area is 99.8 Å². The molecule has 1 aromatic heterocycles. The summed E-state index contributed by atoms with van der Waals surface area (Å²) in [6, 6.07) is 5.04. The van der Waals surface area contributed by atoms with Crippen molar-refractivity contribution >= 4 is 0 Å². The lowest BCUT2D eigenvalue weighted by Crippen LogP contribution is -1.97. The number of hydrogen-bond acceptors (Lipinski definition) is 2. The summed E-state index contributed by atoms with van der Waals surface area (Å²) >= 11 is 0. The number of benzene rings is 1. The molecule has 3 nitrogen and oxygen atoms in total. The number of rotatable bonds is 3. The van der Waals surface area contributed by atoms with Crippen LogP contribution in [0.5, 0.6) is 5.75 Å². The Hall–Kier alpha value is -1.84. The molecule has 0 spiro atoms.